The Balaban J connectivity index is 1.70. The maximum atomic E-state index is 13.4. The Morgan fingerprint density at radius 2 is 1.80 bits per heavy atom. The van der Waals surface area contributed by atoms with E-state index >= 15 is 0 Å². The fourth-order valence-electron chi connectivity index (χ4n) is 4.58. The van der Waals surface area contributed by atoms with E-state index in [0.29, 0.717) is 18.5 Å². The van der Waals surface area contributed by atoms with Gasteiger partial charge in [0.1, 0.15) is 11.8 Å². The summed E-state index contributed by atoms with van der Waals surface area (Å²) in [5, 5.41) is 10.8. The van der Waals surface area contributed by atoms with E-state index in [0.717, 1.165) is 12.8 Å². The fraction of sp³-hybridized carbons (Fsp3) is 0.607. The van der Waals surface area contributed by atoms with Gasteiger partial charge in [-0.1, -0.05) is 38.4 Å². The molecule has 2 aliphatic rings. The van der Waals surface area contributed by atoms with E-state index in [4.69, 9.17) is 11.6 Å². The summed E-state index contributed by atoms with van der Waals surface area (Å²) in [6.45, 7) is 2.98. The molecule has 2 fully saturated rings. The number of amides is 4. The molecule has 2 unspecified atom stereocenters. The average Bonchev–Trinajstić information content (AvgIpc) is 3.59. The minimum Gasteiger partial charge on any atom is -0.434 e. The zero-order valence-electron chi connectivity index (χ0n) is 23.4. The van der Waals surface area contributed by atoms with Crippen LogP contribution in [0.25, 0.3) is 0 Å². The minimum absolute atomic E-state index is 0.0359. The van der Waals surface area contributed by atoms with Crippen LogP contribution in [0, 0.1) is 11.3 Å². The smallest absolute Gasteiger partial charge is 0.387 e. The summed E-state index contributed by atoms with van der Waals surface area (Å²) < 4.78 is 30.1. The molecule has 13 heteroatoms. The van der Waals surface area contributed by atoms with Crippen molar-refractivity contribution in [3.63, 3.8) is 0 Å². The largest absolute Gasteiger partial charge is 0.434 e. The highest BCUT2D eigenvalue weighted by Crippen LogP contribution is 2.27. The van der Waals surface area contributed by atoms with Gasteiger partial charge in [-0.2, -0.15) is 8.78 Å². The maximum absolute atomic E-state index is 13.4. The Morgan fingerprint density at radius 1 is 1.10 bits per heavy atom. The lowest BCUT2D eigenvalue weighted by atomic mass is 9.87. The molecule has 0 spiro atoms. The molecule has 0 radical (unpaired) electrons. The van der Waals surface area contributed by atoms with Crippen molar-refractivity contribution in [3.05, 3.63) is 28.8 Å². The van der Waals surface area contributed by atoms with Gasteiger partial charge in [-0.15, -0.1) is 0 Å². The number of hydrogen-bond acceptors (Lipinski definition) is 6. The molecule has 1 aromatic carbocycles. The lowest BCUT2D eigenvalue weighted by Gasteiger charge is -2.28. The van der Waals surface area contributed by atoms with Crippen molar-refractivity contribution in [3.8, 4) is 5.75 Å². The summed E-state index contributed by atoms with van der Waals surface area (Å²) in [5.74, 6) is -3.81. The Bertz CT molecular complexity index is 1150. The van der Waals surface area contributed by atoms with E-state index in [1.165, 1.54) is 18.2 Å². The normalized spacial score (nSPS) is 18.3. The van der Waals surface area contributed by atoms with Gasteiger partial charge < -0.3 is 26.0 Å². The third-order valence-electron chi connectivity index (χ3n) is 6.79. The van der Waals surface area contributed by atoms with Crippen molar-refractivity contribution in [1.29, 1.82) is 0 Å². The molecule has 3 rings (SSSR count). The van der Waals surface area contributed by atoms with Crippen LogP contribution in [0.1, 0.15) is 64.9 Å². The van der Waals surface area contributed by atoms with Crippen molar-refractivity contribution >= 4 is 41.0 Å². The van der Waals surface area contributed by atoms with E-state index < -0.39 is 53.5 Å². The molecular formula is C28H37ClF2N4O6. The predicted octanol–water partition coefficient (Wildman–Crippen LogP) is 2.65. The molecule has 4 amide bonds. The first kappa shape index (κ1) is 32.2. The second-order valence-corrected chi connectivity index (χ2v) is 12.1. The standard InChI is InChI=1S/C28H37ClF2N4O6/c1-28(2,3)14-20(34-22(36)9-5-15-4-6-17(29)13-21(15)41-27(30)31)25(39)35-19(12-16-10-11-32-24(16)38)23(37)26(40)33-18-7-8-18/h4,6,13,16,18-20,27H,5,7-12,14H2,1-3H3,(H,32,38)(H,33,40)(H,34,36)(H,35,39)/t16-,19?,20?/m0/s1. The first-order chi connectivity index (χ1) is 19.2. The van der Waals surface area contributed by atoms with Crippen LogP contribution in [0.15, 0.2) is 18.2 Å². The van der Waals surface area contributed by atoms with Gasteiger partial charge in [0, 0.05) is 29.9 Å². The number of ether oxygens (including phenoxy) is 1. The molecule has 4 N–H and O–H groups in total. The first-order valence-corrected chi connectivity index (χ1v) is 14.0. The number of carbonyl (C=O) groups is 5. The van der Waals surface area contributed by atoms with Gasteiger partial charge in [0.2, 0.25) is 23.5 Å². The van der Waals surface area contributed by atoms with Gasteiger partial charge in [0.05, 0.1) is 6.04 Å². The lowest BCUT2D eigenvalue weighted by molar-refractivity contribution is -0.141. The highest BCUT2D eigenvalue weighted by Gasteiger charge is 2.37. The second kappa shape index (κ2) is 14.1. The van der Waals surface area contributed by atoms with E-state index in [9.17, 15) is 32.8 Å². The lowest BCUT2D eigenvalue weighted by Crippen LogP contribution is -2.55. The number of carbonyl (C=O) groups excluding carboxylic acids is 5. The van der Waals surface area contributed by atoms with Crippen LogP contribution in [0.5, 0.6) is 5.75 Å². The van der Waals surface area contributed by atoms with E-state index in [1.54, 1.807) is 0 Å². The molecule has 1 aromatic rings. The fourth-order valence-corrected chi connectivity index (χ4v) is 4.74. The van der Waals surface area contributed by atoms with E-state index in [1.807, 2.05) is 20.8 Å². The Kier molecular flexibility index (Phi) is 11.1. The number of hydrogen-bond donors (Lipinski definition) is 4. The Morgan fingerprint density at radius 3 is 2.39 bits per heavy atom. The van der Waals surface area contributed by atoms with Crippen molar-refractivity contribution in [2.75, 3.05) is 6.54 Å². The highest BCUT2D eigenvalue weighted by molar-refractivity contribution is 6.38. The molecule has 1 saturated heterocycles. The van der Waals surface area contributed by atoms with Crippen molar-refractivity contribution in [2.24, 2.45) is 11.3 Å². The van der Waals surface area contributed by atoms with Gasteiger partial charge in [-0.3, -0.25) is 24.0 Å². The van der Waals surface area contributed by atoms with Crippen molar-refractivity contribution < 1.29 is 37.5 Å². The van der Waals surface area contributed by atoms with Crippen LogP contribution < -0.4 is 26.0 Å². The maximum Gasteiger partial charge on any atom is 0.387 e. The molecule has 1 saturated carbocycles. The summed E-state index contributed by atoms with van der Waals surface area (Å²) in [5.41, 5.74) is -0.0818. The van der Waals surface area contributed by atoms with Crippen LogP contribution in [-0.2, 0) is 30.4 Å². The number of ketones is 1. The van der Waals surface area contributed by atoms with Crippen LogP contribution >= 0.6 is 11.6 Å². The molecule has 10 nitrogen and oxygen atoms in total. The van der Waals surface area contributed by atoms with Gasteiger partial charge in [0.15, 0.2) is 0 Å². The topological polar surface area (TPSA) is 143 Å². The number of rotatable bonds is 14. The summed E-state index contributed by atoms with van der Waals surface area (Å²) >= 11 is 5.88. The van der Waals surface area contributed by atoms with Gasteiger partial charge in [-0.25, -0.2) is 0 Å². The second-order valence-electron chi connectivity index (χ2n) is 11.7. The van der Waals surface area contributed by atoms with Crippen LogP contribution in [0.3, 0.4) is 0 Å². The number of benzene rings is 1. The van der Waals surface area contributed by atoms with Gasteiger partial charge in [0.25, 0.3) is 5.91 Å². The number of Topliss-reactive ketones (excluding diaryl/α,β-unsaturated/α-hetero) is 1. The third-order valence-corrected chi connectivity index (χ3v) is 7.02. The molecule has 1 aliphatic heterocycles. The van der Waals surface area contributed by atoms with Crippen LogP contribution in [0.4, 0.5) is 8.78 Å². The van der Waals surface area contributed by atoms with E-state index in [2.05, 4.69) is 26.0 Å². The SMILES string of the molecule is CC(C)(C)CC(NC(=O)CCc1ccc(Cl)cc1OC(F)F)C(=O)NC(C[C@@H]1CCNC1=O)C(=O)C(=O)NC1CC1. The zero-order chi connectivity index (χ0) is 30.3. The third kappa shape index (κ3) is 10.6. The molecule has 226 valence electrons. The molecule has 0 aromatic heterocycles. The number of nitrogens with one attached hydrogen (secondary N) is 4. The monoisotopic (exact) mass is 598 g/mol. The molecule has 41 heavy (non-hydrogen) atoms. The summed E-state index contributed by atoms with van der Waals surface area (Å²) in [7, 11) is 0. The summed E-state index contributed by atoms with van der Waals surface area (Å²) in [4.78, 5) is 64.1. The predicted molar refractivity (Wildman–Crippen MR) is 146 cm³/mol. The van der Waals surface area contributed by atoms with Gasteiger partial charge >= 0.3 is 6.61 Å². The molecule has 0 bridgehead atoms. The van der Waals surface area contributed by atoms with Crippen LogP contribution in [0.2, 0.25) is 5.02 Å². The molecule has 3 atom stereocenters. The highest BCUT2D eigenvalue weighted by atomic mass is 35.5. The minimum atomic E-state index is -3.07. The summed E-state index contributed by atoms with van der Waals surface area (Å²) in [6.07, 6.45) is 2.04. The van der Waals surface area contributed by atoms with E-state index in [-0.39, 0.29) is 48.4 Å². The van der Waals surface area contributed by atoms with Crippen molar-refractivity contribution in [2.45, 2.75) is 90.5 Å². The molecule has 1 aliphatic carbocycles. The Labute approximate surface area is 242 Å². The Hall–Kier alpha value is -3.28. The van der Waals surface area contributed by atoms with Crippen molar-refractivity contribution in [1.82, 2.24) is 21.3 Å². The molecule has 1 heterocycles. The van der Waals surface area contributed by atoms with Crippen LogP contribution in [-0.4, -0.2) is 60.7 Å². The first-order valence-electron chi connectivity index (χ1n) is 13.7. The molecular weight excluding hydrogens is 562 g/mol. The number of aryl methyl sites for hydroxylation is 1. The number of halogens is 3. The zero-order valence-corrected chi connectivity index (χ0v) is 24.1. The average molecular weight is 599 g/mol. The quantitative estimate of drug-likeness (QED) is 0.243. The summed E-state index contributed by atoms with van der Waals surface area (Å²) in [6, 6.07) is 1.82. The number of alkyl halides is 2. The van der Waals surface area contributed by atoms with Gasteiger partial charge in [-0.05, 0) is 61.6 Å².